The molecule has 0 saturated carbocycles. The van der Waals surface area contributed by atoms with Crippen molar-refractivity contribution in [3.8, 4) is 0 Å². The Kier molecular flexibility index (Phi) is 16.7. The molecular formula is C29H54O16. The van der Waals surface area contributed by atoms with Gasteiger partial charge in [0.05, 0.1) is 19.8 Å². The maximum absolute atomic E-state index is 6.71. The summed E-state index contributed by atoms with van der Waals surface area (Å²) in [6.45, 7) is 0.613. The molecule has 15 atom stereocenters. The lowest BCUT2D eigenvalue weighted by Gasteiger charge is -2.51. The molecule has 3 aliphatic heterocycles. The summed E-state index contributed by atoms with van der Waals surface area (Å²) in [5.41, 5.74) is 0. The normalized spacial score (nSPS) is 42.6. The van der Waals surface area contributed by atoms with E-state index in [0.29, 0.717) is 0 Å². The third-order valence-electron chi connectivity index (χ3n) is 8.49. The summed E-state index contributed by atoms with van der Waals surface area (Å²) in [5, 5.41) is 0. The molecule has 0 aromatic rings. The number of ether oxygens (including phenoxy) is 16. The van der Waals surface area contributed by atoms with Gasteiger partial charge in [-0.1, -0.05) is 0 Å². The predicted octanol–water partition coefficient (Wildman–Crippen LogP) is -0.378. The van der Waals surface area contributed by atoms with E-state index in [2.05, 4.69) is 0 Å². The zero-order valence-corrected chi connectivity index (χ0v) is 28.3. The monoisotopic (exact) mass is 658 g/mol. The number of hydrogen-bond acceptors (Lipinski definition) is 16. The lowest BCUT2D eigenvalue weighted by atomic mass is 9.95. The van der Waals surface area contributed by atoms with Crippen LogP contribution in [0, 0.1) is 0 Å². The first-order valence-corrected chi connectivity index (χ1v) is 14.8. The topological polar surface area (TPSA) is 148 Å². The van der Waals surface area contributed by atoms with Crippen LogP contribution in [0.2, 0.25) is 0 Å². The van der Waals surface area contributed by atoms with Crippen LogP contribution in [0.3, 0.4) is 0 Å². The van der Waals surface area contributed by atoms with Crippen LogP contribution in [0.25, 0.3) is 0 Å². The average Bonchev–Trinajstić information content (AvgIpc) is 3.04. The highest BCUT2D eigenvalue weighted by Gasteiger charge is 2.56. The molecule has 0 N–H and O–H groups in total. The van der Waals surface area contributed by atoms with E-state index in [1.807, 2.05) is 0 Å². The van der Waals surface area contributed by atoms with Crippen LogP contribution >= 0.6 is 0 Å². The number of rotatable bonds is 18. The first kappa shape index (κ1) is 38.8. The lowest BCUT2D eigenvalue weighted by molar-refractivity contribution is -0.387. The Morgan fingerprint density at radius 1 is 0.311 bits per heavy atom. The van der Waals surface area contributed by atoms with Gasteiger partial charge < -0.3 is 75.8 Å². The molecule has 3 rings (SSSR count). The summed E-state index contributed by atoms with van der Waals surface area (Å²) in [6.07, 6.45) is -10.5. The van der Waals surface area contributed by atoms with E-state index in [4.69, 9.17) is 75.8 Å². The van der Waals surface area contributed by atoms with Gasteiger partial charge in [0, 0.05) is 78.2 Å². The first-order chi connectivity index (χ1) is 21.9. The third-order valence-corrected chi connectivity index (χ3v) is 8.49. The largest absolute Gasteiger partial charge is 0.382 e. The highest BCUT2D eigenvalue weighted by Crippen LogP contribution is 2.36. The molecule has 0 spiro atoms. The zero-order chi connectivity index (χ0) is 33.1. The molecule has 16 heteroatoms. The summed E-state index contributed by atoms with van der Waals surface area (Å²) < 4.78 is 95.3. The summed E-state index contributed by atoms with van der Waals surface area (Å²) in [5.74, 6) is 0. The highest BCUT2D eigenvalue weighted by atomic mass is 16.8. The van der Waals surface area contributed by atoms with Crippen molar-refractivity contribution in [3.63, 3.8) is 0 Å². The van der Waals surface area contributed by atoms with Crippen LogP contribution in [0.1, 0.15) is 0 Å². The van der Waals surface area contributed by atoms with Gasteiger partial charge in [-0.3, -0.25) is 0 Å². The van der Waals surface area contributed by atoms with Crippen molar-refractivity contribution in [3.05, 3.63) is 0 Å². The van der Waals surface area contributed by atoms with Crippen molar-refractivity contribution in [2.75, 3.05) is 98.0 Å². The van der Waals surface area contributed by atoms with E-state index in [-0.39, 0.29) is 19.8 Å². The highest BCUT2D eigenvalue weighted by molar-refractivity contribution is 4.99. The molecule has 3 aliphatic rings. The quantitative estimate of drug-likeness (QED) is 0.188. The van der Waals surface area contributed by atoms with Gasteiger partial charge >= 0.3 is 0 Å². The molecule has 3 fully saturated rings. The maximum atomic E-state index is 6.71. The Bertz CT molecular complexity index is 810. The van der Waals surface area contributed by atoms with Gasteiger partial charge in [-0.25, -0.2) is 0 Å². The minimum absolute atomic E-state index is 0.162. The van der Waals surface area contributed by atoms with E-state index in [1.165, 1.54) is 21.3 Å². The summed E-state index contributed by atoms with van der Waals surface area (Å²) in [7, 11) is 17.1. The van der Waals surface area contributed by atoms with Crippen LogP contribution in [0.15, 0.2) is 0 Å². The fraction of sp³-hybridized carbons (Fsp3) is 1.00. The molecule has 0 aliphatic carbocycles. The van der Waals surface area contributed by atoms with Crippen molar-refractivity contribution in [2.45, 2.75) is 92.1 Å². The van der Waals surface area contributed by atoms with E-state index in [0.717, 1.165) is 0 Å². The number of methoxy groups -OCH3 is 11. The molecule has 0 aromatic carbocycles. The van der Waals surface area contributed by atoms with E-state index < -0.39 is 92.1 Å². The van der Waals surface area contributed by atoms with Gasteiger partial charge in [-0.05, 0) is 0 Å². The first-order valence-electron chi connectivity index (χ1n) is 14.8. The van der Waals surface area contributed by atoms with Gasteiger partial charge in [-0.15, -0.1) is 0 Å². The molecule has 3 saturated heterocycles. The summed E-state index contributed by atoms with van der Waals surface area (Å²) in [6, 6.07) is 0. The van der Waals surface area contributed by atoms with Gasteiger partial charge in [0.2, 0.25) is 0 Å². The molecule has 0 amide bonds. The van der Waals surface area contributed by atoms with E-state index in [1.54, 1.807) is 56.9 Å². The third kappa shape index (κ3) is 8.70. The molecule has 45 heavy (non-hydrogen) atoms. The summed E-state index contributed by atoms with van der Waals surface area (Å²) in [4.78, 5) is 0. The maximum Gasteiger partial charge on any atom is 0.187 e. The Morgan fingerprint density at radius 2 is 0.600 bits per heavy atom. The molecular weight excluding hydrogens is 604 g/mol. The van der Waals surface area contributed by atoms with Crippen molar-refractivity contribution < 1.29 is 75.8 Å². The Balaban J connectivity index is 1.99. The van der Waals surface area contributed by atoms with Crippen molar-refractivity contribution in [2.24, 2.45) is 0 Å². The lowest BCUT2D eigenvalue weighted by Crippen LogP contribution is -2.68. The second kappa shape index (κ2) is 19.4. The SMILES string of the molecule is COC[C@H]1O[C@@H](O[C@@H]2[C@@H](OC)[C@H](O[C@@H]3[C@@H](OC)[C@@H](OC)O[C@H](COC)[C@H]3OC)O[C@H](COC)[C@H]2OC)[C@H](OC)[C@@H](OC)[C@@H]1OC. The zero-order valence-electron chi connectivity index (χ0n) is 28.3. The van der Waals surface area contributed by atoms with Crippen molar-refractivity contribution >= 4 is 0 Å². The van der Waals surface area contributed by atoms with Gasteiger partial charge in [0.15, 0.2) is 18.9 Å². The fourth-order valence-electron chi connectivity index (χ4n) is 6.43. The fourth-order valence-corrected chi connectivity index (χ4v) is 6.43. The smallest absolute Gasteiger partial charge is 0.187 e. The van der Waals surface area contributed by atoms with E-state index >= 15 is 0 Å². The second-order valence-corrected chi connectivity index (χ2v) is 10.8. The molecule has 16 nitrogen and oxygen atoms in total. The van der Waals surface area contributed by atoms with Crippen LogP contribution < -0.4 is 0 Å². The molecule has 0 radical (unpaired) electrons. The number of hydrogen-bond donors (Lipinski definition) is 0. The minimum atomic E-state index is -1.02. The van der Waals surface area contributed by atoms with Crippen molar-refractivity contribution in [1.82, 2.24) is 0 Å². The Hall–Kier alpha value is -0.640. The van der Waals surface area contributed by atoms with Crippen molar-refractivity contribution in [1.29, 1.82) is 0 Å². The van der Waals surface area contributed by atoms with Crippen LogP contribution in [-0.4, -0.2) is 190 Å². The molecule has 0 unspecified atom stereocenters. The van der Waals surface area contributed by atoms with Crippen LogP contribution in [-0.2, 0) is 75.8 Å². The van der Waals surface area contributed by atoms with Crippen LogP contribution in [0.5, 0.6) is 0 Å². The Morgan fingerprint density at radius 3 is 0.911 bits per heavy atom. The molecule has 266 valence electrons. The standard InChI is InChI=1S/C29H54O16/c1-30-12-15-18(33-4)21(36-7)24(37-8)28(42-15)45-23-20(35-6)17(14-32-3)43-29(26(23)39-10)44-22-19(34-5)16(13-31-2)41-27(40-11)25(22)38-9/h15-29H,12-14H2,1-11H3/t15-,16-,17-,18-,19-,20-,21+,22+,23+,24-,25-,26-,27+,28+,29+/m1/s1. The predicted molar refractivity (Wildman–Crippen MR) is 154 cm³/mol. The minimum Gasteiger partial charge on any atom is -0.382 e. The van der Waals surface area contributed by atoms with E-state index in [9.17, 15) is 0 Å². The summed E-state index contributed by atoms with van der Waals surface area (Å²) >= 11 is 0. The van der Waals surface area contributed by atoms with Gasteiger partial charge in [-0.2, -0.15) is 0 Å². The molecule has 0 aromatic heterocycles. The average molecular weight is 659 g/mol. The molecule has 3 heterocycles. The second-order valence-electron chi connectivity index (χ2n) is 10.8. The van der Waals surface area contributed by atoms with Gasteiger partial charge in [0.1, 0.15) is 73.2 Å². The van der Waals surface area contributed by atoms with Gasteiger partial charge in [0.25, 0.3) is 0 Å². The Labute approximate surface area is 266 Å². The van der Waals surface area contributed by atoms with Crippen LogP contribution in [0.4, 0.5) is 0 Å². The molecule has 0 bridgehead atoms.